The predicted molar refractivity (Wildman–Crippen MR) is 72.2 cm³/mol. The van der Waals surface area contributed by atoms with Crippen molar-refractivity contribution in [2.45, 2.75) is 13.3 Å². The second kappa shape index (κ2) is 5.48. The summed E-state index contributed by atoms with van der Waals surface area (Å²) in [7, 11) is 0. The van der Waals surface area contributed by atoms with Crippen LogP contribution in [-0.4, -0.2) is 4.98 Å². The first-order valence-corrected chi connectivity index (χ1v) is 6.04. The number of nitrogens with one attached hydrogen (secondary N) is 1. The minimum absolute atomic E-state index is 0.354. The highest BCUT2D eigenvalue weighted by atomic mass is 32.1. The number of hydrogen-bond donors (Lipinski definition) is 1. The molecule has 0 bridgehead atoms. The van der Waals surface area contributed by atoms with Gasteiger partial charge in [0.05, 0.1) is 0 Å². The van der Waals surface area contributed by atoms with Gasteiger partial charge in [0.15, 0.2) is 0 Å². The SMILES string of the molecule is CCc1ccc(Oc2cc[nH]c(=S)c2C#N)cc1. The van der Waals surface area contributed by atoms with Crippen molar-refractivity contribution in [1.29, 1.82) is 5.26 Å². The Bertz CT molecular complexity index is 638. The van der Waals surface area contributed by atoms with Gasteiger partial charge in [0.1, 0.15) is 27.8 Å². The van der Waals surface area contributed by atoms with Crippen LogP contribution in [0.25, 0.3) is 0 Å². The molecular formula is C14H12N2OS. The molecule has 0 fully saturated rings. The van der Waals surface area contributed by atoms with Gasteiger partial charge >= 0.3 is 0 Å². The standard InChI is InChI=1S/C14H12N2OS/c1-2-10-3-5-11(6-4-10)17-13-7-8-16-14(18)12(13)9-15/h3-8H,2H2,1H3,(H,16,18). The number of hydrogen-bond acceptors (Lipinski definition) is 3. The number of ether oxygens (including phenoxy) is 1. The van der Waals surface area contributed by atoms with Crippen molar-refractivity contribution in [3.63, 3.8) is 0 Å². The average Bonchev–Trinajstić information content (AvgIpc) is 2.40. The van der Waals surface area contributed by atoms with E-state index in [9.17, 15) is 0 Å². The number of H-pyrrole nitrogens is 1. The summed E-state index contributed by atoms with van der Waals surface area (Å²) < 4.78 is 6.06. The number of nitrogens with zero attached hydrogens (tertiary/aromatic N) is 1. The monoisotopic (exact) mass is 256 g/mol. The minimum atomic E-state index is 0.354. The van der Waals surface area contributed by atoms with E-state index in [-0.39, 0.29) is 0 Å². The van der Waals surface area contributed by atoms with Crippen molar-refractivity contribution >= 4 is 12.2 Å². The second-order valence-corrected chi connectivity index (χ2v) is 4.17. The van der Waals surface area contributed by atoms with Gasteiger partial charge in [-0.1, -0.05) is 31.3 Å². The Kier molecular flexibility index (Phi) is 3.75. The van der Waals surface area contributed by atoms with Crippen LogP contribution < -0.4 is 4.74 Å². The largest absolute Gasteiger partial charge is 0.456 e. The number of pyridine rings is 1. The van der Waals surface area contributed by atoms with Crippen molar-refractivity contribution in [2.24, 2.45) is 0 Å². The number of rotatable bonds is 3. The van der Waals surface area contributed by atoms with Crippen LogP contribution >= 0.6 is 12.2 Å². The topological polar surface area (TPSA) is 48.8 Å². The van der Waals surface area contributed by atoms with Gasteiger partial charge in [0, 0.05) is 6.20 Å². The van der Waals surface area contributed by atoms with E-state index in [0.29, 0.717) is 21.7 Å². The number of aryl methyl sites for hydroxylation is 1. The van der Waals surface area contributed by atoms with Gasteiger partial charge in [-0.25, -0.2) is 0 Å². The molecule has 0 radical (unpaired) electrons. The van der Waals surface area contributed by atoms with Crippen LogP contribution in [0.3, 0.4) is 0 Å². The zero-order valence-corrected chi connectivity index (χ0v) is 10.8. The first-order chi connectivity index (χ1) is 8.74. The minimum Gasteiger partial charge on any atom is -0.456 e. The molecular weight excluding hydrogens is 244 g/mol. The van der Waals surface area contributed by atoms with Crippen LogP contribution in [0.1, 0.15) is 18.1 Å². The molecule has 0 saturated heterocycles. The van der Waals surface area contributed by atoms with Gasteiger partial charge in [0.2, 0.25) is 0 Å². The summed E-state index contributed by atoms with van der Waals surface area (Å²) >= 11 is 5.04. The fourth-order valence-corrected chi connectivity index (χ4v) is 1.79. The molecule has 2 rings (SSSR count). The second-order valence-electron chi connectivity index (χ2n) is 3.76. The molecule has 2 aromatic rings. The lowest BCUT2D eigenvalue weighted by Gasteiger charge is -2.07. The first kappa shape index (κ1) is 12.3. The van der Waals surface area contributed by atoms with Crippen LogP contribution in [0.15, 0.2) is 36.5 Å². The van der Waals surface area contributed by atoms with Gasteiger partial charge in [-0.2, -0.15) is 5.26 Å². The summed E-state index contributed by atoms with van der Waals surface area (Å²) in [5.74, 6) is 1.18. The Morgan fingerprint density at radius 3 is 2.61 bits per heavy atom. The molecule has 1 aromatic heterocycles. The molecule has 1 aromatic carbocycles. The van der Waals surface area contributed by atoms with Gasteiger partial charge in [0.25, 0.3) is 0 Å². The third-order valence-corrected chi connectivity index (χ3v) is 2.92. The van der Waals surface area contributed by atoms with Crippen molar-refractivity contribution in [3.8, 4) is 17.6 Å². The Hall–Kier alpha value is -2.12. The van der Waals surface area contributed by atoms with E-state index in [1.54, 1.807) is 12.3 Å². The van der Waals surface area contributed by atoms with Gasteiger partial charge in [-0.15, -0.1) is 0 Å². The van der Waals surface area contributed by atoms with Crippen molar-refractivity contribution in [2.75, 3.05) is 0 Å². The summed E-state index contributed by atoms with van der Waals surface area (Å²) in [6.07, 6.45) is 2.65. The van der Waals surface area contributed by atoms with E-state index in [0.717, 1.165) is 6.42 Å². The molecule has 4 heteroatoms. The first-order valence-electron chi connectivity index (χ1n) is 5.63. The predicted octanol–water partition coefficient (Wildman–Crippen LogP) is 3.97. The smallest absolute Gasteiger partial charge is 0.149 e. The maximum absolute atomic E-state index is 9.04. The molecule has 0 aliphatic heterocycles. The normalized spacial score (nSPS) is 9.78. The number of benzene rings is 1. The zero-order valence-electron chi connectivity index (χ0n) is 9.93. The third kappa shape index (κ3) is 2.58. The summed E-state index contributed by atoms with van der Waals surface area (Å²) in [6, 6.07) is 11.5. The lowest BCUT2D eigenvalue weighted by molar-refractivity contribution is 0.480. The fourth-order valence-electron chi connectivity index (χ4n) is 1.57. The molecule has 0 saturated carbocycles. The lowest BCUT2D eigenvalue weighted by Crippen LogP contribution is -1.91. The van der Waals surface area contributed by atoms with Gasteiger partial charge < -0.3 is 9.72 Å². The Balaban J connectivity index is 2.31. The van der Waals surface area contributed by atoms with E-state index >= 15 is 0 Å². The molecule has 0 aliphatic carbocycles. The summed E-state index contributed by atoms with van der Waals surface area (Å²) in [6.45, 7) is 2.10. The Morgan fingerprint density at radius 2 is 2.00 bits per heavy atom. The molecule has 0 aliphatic rings. The molecule has 0 spiro atoms. The summed E-state index contributed by atoms with van der Waals surface area (Å²) in [4.78, 5) is 2.81. The molecule has 3 nitrogen and oxygen atoms in total. The molecule has 0 unspecified atom stereocenters. The lowest BCUT2D eigenvalue weighted by atomic mass is 10.2. The van der Waals surface area contributed by atoms with Crippen LogP contribution in [0.2, 0.25) is 0 Å². The Morgan fingerprint density at radius 1 is 1.28 bits per heavy atom. The quantitative estimate of drug-likeness (QED) is 0.845. The maximum atomic E-state index is 9.04. The molecule has 0 atom stereocenters. The van der Waals surface area contributed by atoms with Gasteiger partial charge in [-0.05, 0) is 30.2 Å². The maximum Gasteiger partial charge on any atom is 0.149 e. The summed E-state index contributed by atoms with van der Waals surface area (Å²) in [5, 5.41) is 9.04. The summed E-state index contributed by atoms with van der Waals surface area (Å²) in [5.41, 5.74) is 1.60. The van der Waals surface area contributed by atoms with Crippen molar-refractivity contribution < 1.29 is 4.74 Å². The molecule has 1 heterocycles. The highest BCUT2D eigenvalue weighted by molar-refractivity contribution is 7.71. The molecule has 1 N–H and O–H groups in total. The highest BCUT2D eigenvalue weighted by Crippen LogP contribution is 2.25. The zero-order chi connectivity index (χ0) is 13.0. The van der Waals surface area contributed by atoms with E-state index in [1.807, 2.05) is 30.3 Å². The van der Waals surface area contributed by atoms with Crippen LogP contribution in [0, 0.1) is 16.0 Å². The van der Waals surface area contributed by atoms with Crippen LogP contribution in [-0.2, 0) is 6.42 Å². The van der Waals surface area contributed by atoms with E-state index in [1.165, 1.54) is 5.56 Å². The Labute approximate surface area is 111 Å². The number of aromatic amines is 1. The van der Waals surface area contributed by atoms with Crippen LogP contribution in [0.5, 0.6) is 11.5 Å². The number of nitriles is 1. The number of aromatic nitrogens is 1. The van der Waals surface area contributed by atoms with E-state index < -0.39 is 0 Å². The van der Waals surface area contributed by atoms with Crippen LogP contribution in [0.4, 0.5) is 0 Å². The fraction of sp³-hybridized carbons (Fsp3) is 0.143. The average molecular weight is 256 g/mol. The van der Waals surface area contributed by atoms with Gasteiger partial charge in [-0.3, -0.25) is 0 Å². The molecule has 0 amide bonds. The van der Waals surface area contributed by atoms with E-state index in [2.05, 4.69) is 11.9 Å². The van der Waals surface area contributed by atoms with Crippen molar-refractivity contribution in [3.05, 3.63) is 52.3 Å². The highest BCUT2D eigenvalue weighted by Gasteiger charge is 2.06. The third-order valence-electron chi connectivity index (χ3n) is 2.59. The molecule has 90 valence electrons. The molecule has 18 heavy (non-hydrogen) atoms. The van der Waals surface area contributed by atoms with E-state index in [4.69, 9.17) is 22.2 Å². The van der Waals surface area contributed by atoms with Crippen molar-refractivity contribution in [1.82, 2.24) is 4.98 Å².